The number of hydrogen-bond acceptors (Lipinski definition) is 5. The number of nitrogens with one attached hydrogen (secondary N) is 1. The van der Waals surface area contributed by atoms with Crippen molar-refractivity contribution in [2.24, 2.45) is 0 Å². The van der Waals surface area contributed by atoms with E-state index in [2.05, 4.69) is 17.4 Å². The highest BCUT2D eigenvalue weighted by molar-refractivity contribution is 7.94. The largest absolute Gasteiger partial charge is 0.754 e. The Kier molecular flexibility index (Phi) is 9.01. The van der Waals surface area contributed by atoms with Gasteiger partial charge in [0.05, 0.1) is 6.61 Å². The molecule has 0 radical (unpaired) electrons. The molecule has 0 aromatic heterocycles. The lowest BCUT2D eigenvalue weighted by atomic mass is 10.1. The van der Waals surface area contributed by atoms with Crippen LogP contribution in [0.25, 0.3) is 0 Å². The molecule has 180 valence electrons. The van der Waals surface area contributed by atoms with Crippen LogP contribution in [0, 0.1) is 0 Å². The molecule has 0 heterocycles. The lowest BCUT2D eigenvalue weighted by Crippen LogP contribution is -2.33. The number of rotatable bonds is 12. The van der Waals surface area contributed by atoms with Gasteiger partial charge in [-0.1, -0.05) is 84.9 Å². The van der Waals surface area contributed by atoms with Crippen molar-refractivity contribution in [1.82, 2.24) is 5.32 Å². The Labute approximate surface area is 207 Å². The molecule has 0 aliphatic carbocycles. The summed E-state index contributed by atoms with van der Waals surface area (Å²) in [6.07, 6.45) is 0.858. The van der Waals surface area contributed by atoms with Crippen molar-refractivity contribution >= 4 is 31.2 Å². The summed E-state index contributed by atoms with van der Waals surface area (Å²) in [5, 5.41) is 5.64. The summed E-state index contributed by atoms with van der Waals surface area (Å²) in [5.41, 5.74) is 1.22. The second-order valence-corrected chi connectivity index (χ2v) is 12.5. The molecule has 1 unspecified atom stereocenters. The smallest absolute Gasteiger partial charge is 0.308 e. The highest BCUT2D eigenvalue weighted by Gasteiger charge is 2.51. The third kappa shape index (κ3) is 6.74. The standard InChI is InChI=1S/C28H29NO4P2/c30-35(31,32-24-23-29-22-21-25-13-5-1-6-14-25)33-34(26-15-7-2-8-16-26,27-17-9-3-10-18-27)28-19-11-4-12-20-28/h1-20,29H,21-24H2. The van der Waals surface area contributed by atoms with Gasteiger partial charge in [-0.15, -0.1) is 0 Å². The van der Waals surface area contributed by atoms with E-state index in [4.69, 9.17) is 8.83 Å². The molecule has 1 atom stereocenters. The van der Waals surface area contributed by atoms with E-state index in [1.165, 1.54) is 5.56 Å². The second-order valence-electron chi connectivity index (χ2n) is 7.96. The molecule has 0 fully saturated rings. The van der Waals surface area contributed by atoms with Gasteiger partial charge in [0, 0.05) is 6.54 Å². The lowest BCUT2D eigenvalue weighted by molar-refractivity contribution is -0.216. The Balaban J connectivity index is 1.52. The molecule has 5 nitrogen and oxygen atoms in total. The maximum Gasteiger partial charge on any atom is 0.308 e. The van der Waals surface area contributed by atoms with E-state index >= 15 is 0 Å². The maximum atomic E-state index is 13.2. The number of benzene rings is 4. The van der Waals surface area contributed by atoms with Crippen LogP contribution in [-0.4, -0.2) is 19.7 Å². The van der Waals surface area contributed by atoms with Crippen LogP contribution < -0.4 is 26.1 Å². The fourth-order valence-corrected chi connectivity index (χ4v) is 9.41. The van der Waals surface area contributed by atoms with E-state index < -0.39 is 15.3 Å². The Hall–Kier alpha value is -2.62. The highest BCUT2D eigenvalue weighted by atomic mass is 31.3. The van der Waals surface area contributed by atoms with Crippen LogP contribution in [0.5, 0.6) is 0 Å². The van der Waals surface area contributed by atoms with Gasteiger partial charge >= 0.3 is 7.82 Å². The molecular weight excluding hydrogens is 476 g/mol. The van der Waals surface area contributed by atoms with Crippen molar-refractivity contribution in [2.75, 3.05) is 19.7 Å². The molecular formula is C28H29NO4P2. The molecule has 4 aromatic rings. The monoisotopic (exact) mass is 505 g/mol. The van der Waals surface area contributed by atoms with Crippen molar-refractivity contribution < 1.29 is 18.3 Å². The van der Waals surface area contributed by atoms with Gasteiger partial charge in [-0.2, -0.15) is 4.31 Å². The molecule has 0 spiro atoms. The minimum Gasteiger partial charge on any atom is -0.754 e. The van der Waals surface area contributed by atoms with E-state index in [0.29, 0.717) is 6.54 Å². The van der Waals surface area contributed by atoms with Gasteiger partial charge in [0.2, 0.25) is 0 Å². The van der Waals surface area contributed by atoms with Crippen LogP contribution in [-0.2, 0) is 19.8 Å². The Morgan fingerprint density at radius 1 is 0.657 bits per heavy atom. The molecule has 0 bridgehead atoms. The van der Waals surface area contributed by atoms with Crippen molar-refractivity contribution in [1.29, 1.82) is 0 Å². The summed E-state index contributed by atoms with van der Waals surface area (Å²) in [5.74, 6) is 0. The first-order valence-corrected chi connectivity index (χ1v) is 14.7. The molecule has 0 aliphatic rings. The van der Waals surface area contributed by atoms with Gasteiger partial charge < -0.3 is 14.7 Å². The molecule has 1 N–H and O–H groups in total. The van der Waals surface area contributed by atoms with E-state index in [9.17, 15) is 9.46 Å². The summed E-state index contributed by atoms with van der Waals surface area (Å²) in [4.78, 5) is 13.2. The van der Waals surface area contributed by atoms with E-state index in [1.807, 2.05) is 109 Å². The lowest BCUT2D eigenvalue weighted by Gasteiger charge is -2.31. The van der Waals surface area contributed by atoms with Crippen molar-refractivity contribution in [2.45, 2.75) is 6.42 Å². The summed E-state index contributed by atoms with van der Waals surface area (Å²) in [6, 6.07) is 38.7. The first-order chi connectivity index (χ1) is 17.1. The average molecular weight is 505 g/mol. The Bertz CT molecular complexity index is 1110. The van der Waals surface area contributed by atoms with Gasteiger partial charge in [-0.25, -0.2) is 0 Å². The third-order valence-corrected chi connectivity index (χ3v) is 10.9. The predicted octanol–water partition coefficient (Wildman–Crippen LogP) is 4.23. The molecule has 0 amide bonds. The fourth-order valence-electron chi connectivity index (χ4n) is 3.91. The summed E-state index contributed by atoms with van der Waals surface area (Å²) < 4.78 is 24.7. The number of phosphoric acid groups is 1. The molecule has 0 aliphatic heterocycles. The average Bonchev–Trinajstić information content (AvgIpc) is 2.91. The summed E-state index contributed by atoms with van der Waals surface area (Å²) >= 11 is 0. The highest BCUT2D eigenvalue weighted by Crippen LogP contribution is 2.66. The normalized spacial score (nSPS) is 13.3. The van der Waals surface area contributed by atoms with Gasteiger partial charge in [0.15, 0.2) is 0 Å². The van der Waals surface area contributed by atoms with Gasteiger partial charge in [0.25, 0.3) is 7.49 Å². The minimum atomic E-state index is -4.66. The zero-order valence-electron chi connectivity index (χ0n) is 19.4. The van der Waals surface area contributed by atoms with Crippen LogP contribution in [0.15, 0.2) is 121 Å². The summed E-state index contributed by atoms with van der Waals surface area (Å²) in [6.45, 7) is 1.12. The third-order valence-electron chi connectivity index (χ3n) is 5.54. The molecule has 4 aromatic carbocycles. The first kappa shape index (κ1) is 25.5. The molecule has 35 heavy (non-hydrogen) atoms. The van der Waals surface area contributed by atoms with Gasteiger partial charge in [-0.3, -0.25) is 4.57 Å². The molecule has 4 rings (SSSR count). The number of hydrogen-bond donors (Lipinski definition) is 1. The molecule has 7 heteroatoms. The van der Waals surface area contributed by atoms with Crippen LogP contribution in [0.2, 0.25) is 0 Å². The van der Waals surface area contributed by atoms with E-state index in [0.717, 1.165) is 28.9 Å². The Morgan fingerprint density at radius 3 is 1.54 bits per heavy atom. The predicted molar refractivity (Wildman–Crippen MR) is 143 cm³/mol. The quantitative estimate of drug-likeness (QED) is 0.231. The van der Waals surface area contributed by atoms with Crippen LogP contribution in [0.3, 0.4) is 0 Å². The maximum absolute atomic E-state index is 13.2. The van der Waals surface area contributed by atoms with Crippen molar-refractivity contribution in [3.63, 3.8) is 0 Å². The minimum absolute atomic E-state index is 0.00602. The SMILES string of the molecule is O=P([O-])(OCCNCCc1ccccc1)O[P+](c1ccccc1)(c1ccccc1)c1ccccc1. The van der Waals surface area contributed by atoms with Crippen molar-refractivity contribution in [3.05, 3.63) is 127 Å². The fraction of sp³-hybridized carbons (Fsp3) is 0.143. The Morgan fingerprint density at radius 2 is 1.09 bits per heavy atom. The van der Waals surface area contributed by atoms with Crippen molar-refractivity contribution in [3.8, 4) is 0 Å². The zero-order chi connectivity index (χ0) is 24.4. The van der Waals surface area contributed by atoms with E-state index in [1.54, 1.807) is 0 Å². The number of phosphoric ester groups is 1. The zero-order valence-corrected chi connectivity index (χ0v) is 21.2. The topological polar surface area (TPSA) is 70.6 Å². The first-order valence-electron chi connectivity index (χ1n) is 11.6. The van der Waals surface area contributed by atoms with Crippen LogP contribution >= 0.6 is 15.3 Å². The van der Waals surface area contributed by atoms with Crippen LogP contribution in [0.1, 0.15) is 5.56 Å². The molecule has 0 saturated carbocycles. The van der Waals surface area contributed by atoms with Gasteiger partial charge in [-0.05, 0) is 54.9 Å². The van der Waals surface area contributed by atoms with E-state index in [-0.39, 0.29) is 6.61 Å². The van der Waals surface area contributed by atoms with Gasteiger partial charge in [0.1, 0.15) is 15.9 Å². The van der Waals surface area contributed by atoms with Crippen LogP contribution in [0.4, 0.5) is 0 Å². The molecule has 0 saturated heterocycles. The second kappa shape index (κ2) is 12.4. The summed E-state index contributed by atoms with van der Waals surface area (Å²) in [7, 11) is -7.65.